The van der Waals surface area contributed by atoms with Gasteiger partial charge in [0.25, 0.3) is 0 Å². The summed E-state index contributed by atoms with van der Waals surface area (Å²) in [7, 11) is -4.74. The SMILES string of the molecule is Nc1ccc(Br)nc1N1CC(S(=O)(=O)F)CC1=O. The molecule has 1 aliphatic rings. The lowest BCUT2D eigenvalue weighted by atomic mass is 10.3. The summed E-state index contributed by atoms with van der Waals surface area (Å²) in [6, 6.07) is 3.11. The summed E-state index contributed by atoms with van der Waals surface area (Å²) in [6.07, 6.45) is -0.396. The van der Waals surface area contributed by atoms with E-state index in [4.69, 9.17) is 5.73 Å². The van der Waals surface area contributed by atoms with Crippen LogP contribution in [0.3, 0.4) is 0 Å². The van der Waals surface area contributed by atoms with Crippen LogP contribution in [0.2, 0.25) is 0 Å². The third kappa shape index (κ3) is 2.46. The standard InChI is InChI=1S/C9H9BrFN3O3S/c10-7-2-1-6(12)9(13-7)14-4-5(3-8(14)15)18(11,16)17/h1-2,5H,3-4,12H2. The Hall–Kier alpha value is -1.22. The van der Waals surface area contributed by atoms with Crippen LogP contribution in [-0.4, -0.2) is 31.1 Å². The van der Waals surface area contributed by atoms with Crippen LogP contribution < -0.4 is 10.6 Å². The third-order valence-electron chi connectivity index (χ3n) is 2.61. The summed E-state index contributed by atoms with van der Waals surface area (Å²) >= 11 is 3.12. The lowest BCUT2D eigenvalue weighted by Gasteiger charge is -2.16. The van der Waals surface area contributed by atoms with Crippen LogP contribution in [0.4, 0.5) is 15.4 Å². The highest BCUT2D eigenvalue weighted by Crippen LogP contribution is 2.29. The minimum absolute atomic E-state index is 0.139. The zero-order chi connectivity index (χ0) is 13.5. The fraction of sp³-hybridized carbons (Fsp3) is 0.333. The normalized spacial score (nSPS) is 20.4. The van der Waals surface area contributed by atoms with Gasteiger partial charge in [-0.3, -0.25) is 9.69 Å². The highest BCUT2D eigenvalue weighted by atomic mass is 79.9. The Morgan fingerprint density at radius 1 is 1.50 bits per heavy atom. The number of carbonyl (C=O) groups excluding carboxylic acids is 1. The van der Waals surface area contributed by atoms with Gasteiger partial charge in [-0.2, -0.15) is 8.42 Å². The summed E-state index contributed by atoms with van der Waals surface area (Å²) < 4.78 is 34.9. The van der Waals surface area contributed by atoms with Gasteiger partial charge in [0, 0.05) is 13.0 Å². The minimum Gasteiger partial charge on any atom is -0.396 e. The van der Waals surface area contributed by atoms with Crippen molar-refractivity contribution in [3.63, 3.8) is 0 Å². The molecule has 18 heavy (non-hydrogen) atoms. The van der Waals surface area contributed by atoms with Gasteiger partial charge in [-0.05, 0) is 28.1 Å². The van der Waals surface area contributed by atoms with E-state index in [2.05, 4.69) is 20.9 Å². The molecule has 6 nitrogen and oxygen atoms in total. The van der Waals surface area contributed by atoms with Gasteiger partial charge in [0.2, 0.25) is 5.91 Å². The van der Waals surface area contributed by atoms with Crippen LogP contribution in [0, 0.1) is 0 Å². The number of nitrogens with two attached hydrogens (primary N) is 1. The molecule has 1 aromatic heterocycles. The van der Waals surface area contributed by atoms with E-state index in [1.54, 1.807) is 6.07 Å². The molecule has 1 aromatic rings. The van der Waals surface area contributed by atoms with Crippen molar-refractivity contribution in [1.29, 1.82) is 0 Å². The van der Waals surface area contributed by atoms with E-state index in [0.717, 1.165) is 4.90 Å². The molecule has 1 aliphatic heterocycles. The largest absolute Gasteiger partial charge is 0.396 e. The average Bonchev–Trinajstić information content (AvgIpc) is 2.64. The minimum atomic E-state index is -4.74. The van der Waals surface area contributed by atoms with E-state index in [1.807, 2.05) is 0 Å². The van der Waals surface area contributed by atoms with Gasteiger partial charge in [-0.25, -0.2) is 4.98 Å². The Bertz CT molecular complexity index is 607. The number of amides is 1. The van der Waals surface area contributed by atoms with E-state index < -0.39 is 27.8 Å². The molecule has 1 fully saturated rings. The van der Waals surface area contributed by atoms with E-state index in [0.29, 0.717) is 4.60 Å². The topological polar surface area (TPSA) is 93.4 Å². The second-order valence-electron chi connectivity index (χ2n) is 3.85. The predicted octanol–water partition coefficient (Wildman–Crippen LogP) is 0.831. The Kier molecular flexibility index (Phi) is 3.28. The number of rotatable bonds is 2. The first-order chi connectivity index (χ1) is 8.29. The fourth-order valence-corrected chi connectivity index (χ4v) is 2.69. The molecule has 1 amide bonds. The Morgan fingerprint density at radius 2 is 2.17 bits per heavy atom. The number of carbonyl (C=O) groups is 1. The van der Waals surface area contributed by atoms with Crippen molar-refractivity contribution >= 4 is 43.6 Å². The predicted molar refractivity (Wildman–Crippen MR) is 67.1 cm³/mol. The number of nitrogen functional groups attached to an aromatic ring is 1. The van der Waals surface area contributed by atoms with Gasteiger partial charge >= 0.3 is 10.2 Å². The van der Waals surface area contributed by atoms with Crippen molar-refractivity contribution in [3.8, 4) is 0 Å². The van der Waals surface area contributed by atoms with Crippen molar-refractivity contribution in [2.45, 2.75) is 11.7 Å². The van der Waals surface area contributed by atoms with Crippen LogP contribution in [0.25, 0.3) is 0 Å². The number of anilines is 2. The lowest BCUT2D eigenvalue weighted by Crippen LogP contribution is -2.28. The molecule has 1 saturated heterocycles. The number of aromatic nitrogens is 1. The van der Waals surface area contributed by atoms with Gasteiger partial charge in [-0.15, -0.1) is 3.89 Å². The zero-order valence-electron chi connectivity index (χ0n) is 9.01. The van der Waals surface area contributed by atoms with Crippen molar-refractivity contribution in [2.75, 3.05) is 17.2 Å². The summed E-state index contributed by atoms with van der Waals surface area (Å²) in [5.41, 5.74) is 5.89. The van der Waals surface area contributed by atoms with E-state index in [-0.39, 0.29) is 18.1 Å². The van der Waals surface area contributed by atoms with Gasteiger partial charge < -0.3 is 5.73 Å². The molecule has 0 aromatic carbocycles. The number of hydrogen-bond donors (Lipinski definition) is 1. The van der Waals surface area contributed by atoms with Crippen molar-refractivity contribution in [3.05, 3.63) is 16.7 Å². The highest BCUT2D eigenvalue weighted by Gasteiger charge is 2.40. The third-order valence-corrected chi connectivity index (χ3v) is 4.17. The van der Waals surface area contributed by atoms with Crippen LogP contribution in [0.1, 0.15) is 6.42 Å². The van der Waals surface area contributed by atoms with E-state index >= 15 is 0 Å². The maximum absolute atomic E-state index is 12.9. The van der Waals surface area contributed by atoms with Gasteiger partial charge in [0.15, 0.2) is 5.82 Å². The first-order valence-corrected chi connectivity index (χ1v) is 7.19. The second kappa shape index (κ2) is 4.47. The molecular formula is C9H9BrFN3O3S. The molecule has 0 spiro atoms. The Morgan fingerprint density at radius 3 is 2.72 bits per heavy atom. The van der Waals surface area contributed by atoms with Crippen LogP contribution in [0.15, 0.2) is 16.7 Å². The van der Waals surface area contributed by atoms with Crippen LogP contribution in [0.5, 0.6) is 0 Å². The summed E-state index contributed by atoms with van der Waals surface area (Å²) in [5.74, 6) is -0.376. The summed E-state index contributed by atoms with van der Waals surface area (Å²) in [5, 5.41) is -1.36. The van der Waals surface area contributed by atoms with Crippen LogP contribution in [-0.2, 0) is 15.0 Å². The molecule has 0 aliphatic carbocycles. The van der Waals surface area contributed by atoms with Crippen molar-refractivity contribution < 1.29 is 17.1 Å². The van der Waals surface area contributed by atoms with Crippen molar-refractivity contribution in [2.24, 2.45) is 0 Å². The molecule has 9 heteroatoms. The molecule has 1 atom stereocenters. The first-order valence-electron chi connectivity index (χ1n) is 4.95. The fourth-order valence-electron chi connectivity index (χ4n) is 1.72. The Labute approximate surface area is 111 Å². The van der Waals surface area contributed by atoms with Gasteiger partial charge in [0.1, 0.15) is 9.85 Å². The molecule has 1 unspecified atom stereocenters. The number of hydrogen-bond acceptors (Lipinski definition) is 5. The average molecular weight is 338 g/mol. The molecule has 0 radical (unpaired) electrons. The number of nitrogens with zero attached hydrogens (tertiary/aromatic N) is 2. The van der Waals surface area contributed by atoms with Crippen LogP contribution >= 0.6 is 15.9 Å². The molecule has 98 valence electrons. The molecule has 0 saturated carbocycles. The molecule has 2 heterocycles. The monoisotopic (exact) mass is 337 g/mol. The van der Waals surface area contributed by atoms with Crippen molar-refractivity contribution in [1.82, 2.24) is 4.98 Å². The quantitative estimate of drug-likeness (QED) is 0.637. The smallest absolute Gasteiger partial charge is 0.307 e. The second-order valence-corrected chi connectivity index (χ2v) is 6.28. The molecule has 2 rings (SSSR count). The van der Waals surface area contributed by atoms with Gasteiger partial charge in [-0.1, -0.05) is 0 Å². The summed E-state index contributed by atoms with van der Waals surface area (Å²) in [4.78, 5) is 16.8. The van der Waals surface area contributed by atoms with E-state index in [9.17, 15) is 17.1 Å². The van der Waals surface area contributed by atoms with E-state index in [1.165, 1.54) is 6.07 Å². The first kappa shape index (κ1) is 13.2. The highest BCUT2D eigenvalue weighted by molar-refractivity contribution is 9.10. The number of halogens is 2. The molecule has 0 bridgehead atoms. The maximum Gasteiger partial charge on any atom is 0.307 e. The zero-order valence-corrected chi connectivity index (χ0v) is 11.4. The lowest BCUT2D eigenvalue weighted by molar-refractivity contribution is -0.117. The molecule has 2 N–H and O–H groups in total. The molecular weight excluding hydrogens is 329 g/mol. The summed E-state index contributed by atoms with van der Waals surface area (Å²) in [6.45, 7) is -0.273. The maximum atomic E-state index is 12.9. The van der Waals surface area contributed by atoms with Gasteiger partial charge in [0.05, 0.1) is 5.69 Å². The number of pyridine rings is 1. The Balaban J connectivity index is 2.35.